The van der Waals surface area contributed by atoms with Crippen molar-refractivity contribution in [3.63, 3.8) is 0 Å². The van der Waals surface area contributed by atoms with Crippen LogP contribution in [0.3, 0.4) is 0 Å². The average Bonchev–Trinajstić information content (AvgIpc) is 3.07. The molecule has 1 aromatic carbocycles. The second kappa shape index (κ2) is 7.08. The summed E-state index contributed by atoms with van der Waals surface area (Å²) >= 11 is 0. The van der Waals surface area contributed by atoms with Crippen molar-refractivity contribution in [3.05, 3.63) is 84.1 Å². The molecule has 0 bridgehead atoms. The van der Waals surface area contributed by atoms with E-state index in [0.29, 0.717) is 5.82 Å². The summed E-state index contributed by atoms with van der Waals surface area (Å²) in [6.07, 6.45) is 5.58. The number of rotatable bonds is 5. The smallest absolute Gasteiger partial charge is 0.227 e. The van der Waals surface area contributed by atoms with Gasteiger partial charge < -0.3 is 9.88 Å². The van der Waals surface area contributed by atoms with E-state index in [0.717, 1.165) is 11.1 Å². The number of aryl methyl sites for hydroxylation is 1. The van der Waals surface area contributed by atoms with Crippen LogP contribution < -0.4 is 5.32 Å². The van der Waals surface area contributed by atoms with Crippen LogP contribution in [-0.2, 0) is 4.79 Å². The second-order valence-electron chi connectivity index (χ2n) is 5.67. The van der Waals surface area contributed by atoms with Gasteiger partial charge in [0.05, 0.1) is 12.5 Å². The molecular formula is C19H18FN3O. The second-order valence-corrected chi connectivity index (χ2v) is 5.67. The summed E-state index contributed by atoms with van der Waals surface area (Å²) in [5, 5.41) is 2.80. The SMILES string of the molecule is Cc1ccnc(NC(=O)CC(c2cccc(F)c2)n2cccc2)c1. The molecular weight excluding hydrogens is 305 g/mol. The van der Waals surface area contributed by atoms with Crippen LogP contribution in [-0.4, -0.2) is 15.5 Å². The topological polar surface area (TPSA) is 46.9 Å². The van der Waals surface area contributed by atoms with Crippen molar-refractivity contribution in [2.45, 2.75) is 19.4 Å². The minimum Gasteiger partial charge on any atom is -0.346 e. The molecule has 1 amide bonds. The van der Waals surface area contributed by atoms with Crippen molar-refractivity contribution >= 4 is 11.7 Å². The number of benzene rings is 1. The Balaban J connectivity index is 1.80. The lowest BCUT2D eigenvalue weighted by molar-refractivity contribution is -0.116. The van der Waals surface area contributed by atoms with Crippen LogP contribution >= 0.6 is 0 Å². The van der Waals surface area contributed by atoms with Crippen molar-refractivity contribution < 1.29 is 9.18 Å². The average molecular weight is 323 g/mol. The number of carbonyl (C=O) groups is 1. The van der Waals surface area contributed by atoms with Gasteiger partial charge in [-0.05, 0) is 54.4 Å². The molecule has 1 N–H and O–H groups in total. The lowest BCUT2D eigenvalue weighted by atomic mass is 10.0. The van der Waals surface area contributed by atoms with Gasteiger partial charge in [-0.3, -0.25) is 4.79 Å². The number of nitrogens with zero attached hydrogens (tertiary/aromatic N) is 2. The van der Waals surface area contributed by atoms with Crippen molar-refractivity contribution in [2.24, 2.45) is 0 Å². The van der Waals surface area contributed by atoms with Crippen molar-refractivity contribution in [1.29, 1.82) is 0 Å². The molecule has 0 aliphatic rings. The summed E-state index contributed by atoms with van der Waals surface area (Å²) in [5.74, 6) is 0.0342. The summed E-state index contributed by atoms with van der Waals surface area (Å²) in [5.41, 5.74) is 1.77. The molecule has 0 aliphatic heterocycles. The molecule has 1 atom stereocenters. The Morgan fingerprint density at radius 1 is 1.21 bits per heavy atom. The van der Waals surface area contributed by atoms with E-state index in [1.165, 1.54) is 12.1 Å². The molecule has 3 aromatic rings. The molecule has 24 heavy (non-hydrogen) atoms. The summed E-state index contributed by atoms with van der Waals surface area (Å²) in [7, 11) is 0. The zero-order valence-electron chi connectivity index (χ0n) is 13.3. The lowest BCUT2D eigenvalue weighted by Crippen LogP contribution is -2.20. The van der Waals surface area contributed by atoms with E-state index in [9.17, 15) is 9.18 Å². The van der Waals surface area contributed by atoms with Gasteiger partial charge in [-0.1, -0.05) is 12.1 Å². The lowest BCUT2D eigenvalue weighted by Gasteiger charge is -2.19. The Hall–Kier alpha value is -2.95. The van der Waals surface area contributed by atoms with E-state index in [1.807, 2.05) is 54.2 Å². The third kappa shape index (κ3) is 3.87. The highest BCUT2D eigenvalue weighted by Gasteiger charge is 2.18. The minimum absolute atomic E-state index is 0.170. The number of hydrogen-bond donors (Lipinski definition) is 1. The van der Waals surface area contributed by atoms with E-state index in [-0.39, 0.29) is 24.2 Å². The van der Waals surface area contributed by atoms with Gasteiger partial charge in [-0.15, -0.1) is 0 Å². The molecule has 0 saturated heterocycles. The first-order valence-corrected chi connectivity index (χ1v) is 7.72. The van der Waals surface area contributed by atoms with Crippen LogP contribution in [0.25, 0.3) is 0 Å². The molecule has 0 radical (unpaired) electrons. The number of carbonyl (C=O) groups excluding carboxylic acids is 1. The minimum atomic E-state index is -0.314. The zero-order valence-corrected chi connectivity index (χ0v) is 13.3. The van der Waals surface area contributed by atoms with Crippen LogP contribution in [0, 0.1) is 12.7 Å². The quantitative estimate of drug-likeness (QED) is 0.773. The van der Waals surface area contributed by atoms with Gasteiger partial charge in [-0.25, -0.2) is 9.37 Å². The van der Waals surface area contributed by atoms with Crippen LogP contribution in [0.2, 0.25) is 0 Å². The number of aromatic nitrogens is 2. The summed E-state index contributed by atoms with van der Waals surface area (Å²) in [4.78, 5) is 16.6. The maximum Gasteiger partial charge on any atom is 0.227 e. The van der Waals surface area contributed by atoms with Crippen molar-refractivity contribution in [1.82, 2.24) is 9.55 Å². The predicted octanol–water partition coefficient (Wildman–Crippen LogP) is 3.95. The number of hydrogen-bond acceptors (Lipinski definition) is 2. The Bertz CT molecular complexity index is 830. The van der Waals surface area contributed by atoms with Crippen molar-refractivity contribution in [3.8, 4) is 0 Å². The van der Waals surface area contributed by atoms with Gasteiger partial charge >= 0.3 is 0 Å². The third-order valence-electron chi connectivity index (χ3n) is 3.78. The Labute approximate surface area is 140 Å². The molecule has 2 heterocycles. The molecule has 0 spiro atoms. The number of halogens is 1. The van der Waals surface area contributed by atoms with Crippen LogP contribution in [0.4, 0.5) is 10.2 Å². The van der Waals surface area contributed by atoms with Gasteiger partial charge in [0.1, 0.15) is 11.6 Å². The Morgan fingerprint density at radius 3 is 2.71 bits per heavy atom. The van der Waals surface area contributed by atoms with E-state index < -0.39 is 0 Å². The molecule has 3 rings (SSSR count). The normalized spacial score (nSPS) is 11.9. The summed E-state index contributed by atoms with van der Waals surface area (Å²) < 4.78 is 15.5. The highest BCUT2D eigenvalue weighted by molar-refractivity contribution is 5.90. The number of pyridine rings is 1. The number of amides is 1. The molecule has 0 fully saturated rings. The fourth-order valence-corrected chi connectivity index (χ4v) is 2.64. The van der Waals surface area contributed by atoms with E-state index in [1.54, 1.807) is 12.3 Å². The van der Waals surface area contributed by atoms with E-state index in [4.69, 9.17) is 0 Å². The molecule has 0 saturated carbocycles. The standard InChI is InChI=1S/C19H18FN3O/c1-14-7-8-21-18(11-14)22-19(24)13-17(23-9-2-3-10-23)15-5-4-6-16(20)12-15/h2-12,17H,13H2,1H3,(H,21,22,24). The summed E-state index contributed by atoms with van der Waals surface area (Å²) in [6.45, 7) is 1.94. The van der Waals surface area contributed by atoms with Crippen LogP contribution in [0.1, 0.15) is 23.6 Å². The summed E-state index contributed by atoms with van der Waals surface area (Å²) in [6, 6.07) is 13.5. The van der Waals surface area contributed by atoms with Gasteiger partial charge in [0.15, 0.2) is 0 Å². The highest BCUT2D eigenvalue weighted by atomic mass is 19.1. The first-order chi connectivity index (χ1) is 11.6. The van der Waals surface area contributed by atoms with Gasteiger partial charge in [0, 0.05) is 18.6 Å². The van der Waals surface area contributed by atoms with Gasteiger partial charge in [0.25, 0.3) is 0 Å². The first kappa shape index (κ1) is 15.9. The number of nitrogens with one attached hydrogen (secondary N) is 1. The maximum atomic E-state index is 13.6. The number of anilines is 1. The zero-order chi connectivity index (χ0) is 16.9. The maximum absolute atomic E-state index is 13.6. The fraction of sp³-hybridized carbons (Fsp3) is 0.158. The molecule has 1 unspecified atom stereocenters. The molecule has 122 valence electrons. The molecule has 2 aromatic heterocycles. The first-order valence-electron chi connectivity index (χ1n) is 7.72. The molecule has 0 aliphatic carbocycles. The fourth-order valence-electron chi connectivity index (χ4n) is 2.64. The molecule has 5 heteroatoms. The monoisotopic (exact) mass is 323 g/mol. The van der Waals surface area contributed by atoms with Gasteiger partial charge in [-0.2, -0.15) is 0 Å². The van der Waals surface area contributed by atoms with E-state index in [2.05, 4.69) is 10.3 Å². The Morgan fingerprint density at radius 2 is 2.00 bits per heavy atom. The van der Waals surface area contributed by atoms with Crippen molar-refractivity contribution in [2.75, 3.05) is 5.32 Å². The van der Waals surface area contributed by atoms with Gasteiger partial charge in [0.2, 0.25) is 5.91 Å². The van der Waals surface area contributed by atoms with Crippen LogP contribution in [0.5, 0.6) is 0 Å². The molecule has 4 nitrogen and oxygen atoms in total. The van der Waals surface area contributed by atoms with E-state index >= 15 is 0 Å². The highest BCUT2D eigenvalue weighted by Crippen LogP contribution is 2.23. The van der Waals surface area contributed by atoms with Crippen LogP contribution in [0.15, 0.2) is 67.1 Å². The predicted molar refractivity (Wildman–Crippen MR) is 91.2 cm³/mol. The largest absolute Gasteiger partial charge is 0.346 e. The third-order valence-corrected chi connectivity index (χ3v) is 3.78. The Kier molecular flexibility index (Phi) is 4.70.